The number of hydrogen-bond donors (Lipinski definition) is 6. The number of carboxylic acid groups (broad SMARTS) is 2. The average molecular weight is 827 g/mol. The van der Waals surface area contributed by atoms with Crippen molar-refractivity contribution < 1.29 is 48.3 Å². The summed E-state index contributed by atoms with van der Waals surface area (Å²) >= 11 is 0. The SMILES string of the molecule is CC(C)[C@H](NC(=O)O)C(=O)N1CC2(C[C@H]1c1nc(-c3ccc(-c4ccc(-c5c[nH]c([C@@H]6CC7(CN6C(=O)[C@@H](NC(=O)O)C(C)C)OCCO7)n5)cc4)cc3)c[nH]1)OCCO2. The summed E-state index contributed by atoms with van der Waals surface area (Å²) in [7, 11) is 0. The summed E-state index contributed by atoms with van der Waals surface area (Å²) in [6, 6.07) is 13.0. The number of benzene rings is 2. The zero-order valence-corrected chi connectivity index (χ0v) is 33.8. The van der Waals surface area contributed by atoms with Gasteiger partial charge in [0.2, 0.25) is 11.8 Å². The highest BCUT2D eigenvalue weighted by Crippen LogP contribution is 2.44. The molecule has 318 valence electrons. The van der Waals surface area contributed by atoms with Crippen molar-refractivity contribution >= 4 is 24.0 Å². The van der Waals surface area contributed by atoms with E-state index < -0.39 is 47.9 Å². The fraction of sp³-hybridized carbons (Fsp3) is 0.476. The second kappa shape index (κ2) is 16.3. The molecule has 4 atom stereocenters. The molecule has 0 aliphatic carbocycles. The molecule has 4 aromatic rings. The smallest absolute Gasteiger partial charge is 0.405 e. The van der Waals surface area contributed by atoms with E-state index in [1.807, 2.05) is 48.5 Å². The molecule has 0 radical (unpaired) electrons. The lowest BCUT2D eigenvalue weighted by atomic mass is 10.0. The molecule has 4 fully saturated rings. The van der Waals surface area contributed by atoms with Crippen LogP contribution in [-0.4, -0.2) is 127 Å². The van der Waals surface area contributed by atoms with Crippen LogP contribution in [0.1, 0.15) is 64.3 Å². The minimum atomic E-state index is -1.27. The summed E-state index contributed by atoms with van der Waals surface area (Å²) in [5.74, 6) is -2.15. The first kappa shape index (κ1) is 40.9. The third-order valence-electron chi connectivity index (χ3n) is 11.7. The second-order valence-electron chi connectivity index (χ2n) is 16.4. The van der Waals surface area contributed by atoms with Gasteiger partial charge in [0.05, 0.1) is 63.0 Å². The van der Waals surface area contributed by atoms with E-state index in [-0.39, 0.29) is 36.7 Å². The van der Waals surface area contributed by atoms with Crippen molar-refractivity contribution in [2.45, 2.75) is 76.3 Å². The molecule has 60 heavy (non-hydrogen) atoms. The lowest BCUT2D eigenvalue weighted by Crippen LogP contribution is -2.51. The number of imidazole rings is 2. The minimum Gasteiger partial charge on any atom is -0.465 e. The Morgan fingerprint density at radius 3 is 1.27 bits per heavy atom. The molecule has 2 spiro atoms. The number of H-pyrrole nitrogens is 2. The molecule has 2 aromatic carbocycles. The van der Waals surface area contributed by atoms with Crippen LogP contribution in [0.3, 0.4) is 0 Å². The van der Waals surface area contributed by atoms with Gasteiger partial charge in [-0.1, -0.05) is 76.2 Å². The molecule has 4 saturated heterocycles. The number of aromatic nitrogens is 4. The van der Waals surface area contributed by atoms with Crippen LogP contribution in [0.25, 0.3) is 33.6 Å². The Hall–Kier alpha value is -5.82. The van der Waals surface area contributed by atoms with E-state index in [4.69, 9.17) is 28.9 Å². The van der Waals surface area contributed by atoms with Gasteiger partial charge in [-0.15, -0.1) is 0 Å². The Bertz CT molecular complexity index is 2050. The standard InChI is InChI=1S/C42H50N8O10/c1-23(2)33(47-39(53)54)37(51)49-21-41(57-13-14-58-41)17-31(49)35-43-19-29(45-35)27-9-5-25(6-10-27)26-7-11-28(12-8-26)30-20-44-36(46-30)32-18-42(59-15-16-60-42)22-50(32)38(52)34(24(3)4)48-40(55)56/h5-12,19-20,23-24,31-34,47-48H,13-18,21-22H2,1-4H3,(H,43,45)(H,44,46)(H,53,54)(H,55,56)/t31-,32-,33-,34-/m0/s1. The molecule has 4 amide bonds. The van der Waals surface area contributed by atoms with Crippen LogP contribution in [-0.2, 0) is 28.5 Å². The van der Waals surface area contributed by atoms with Crippen LogP contribution in [0.2, 0.25) is 0 Å². The maximum absolute atomic E-state index is 13.8. The molecule has 0 bridgehead atoms. The highest BCUT2D eigenvalue weighted by Gasteiger charge is 2.54. The van der Waals surface area contributed by atoms with Gasteiger partial charge in [-0.25, -0.2) is 19.6 Å². The normalized spacial score (nSPS) is 21.6. The predicted octanol–water partition coefficient (Wildman–Crippen LogP) is 4.75. The monoisotopic (exact) mass is 826 g/mol. The number of ether oxygens (including phenoxy) is 4. The van der Waals surface area contributed by atoms with Crippen LogP contribution in [0.15, 0.2) is 60.9 Å². The van der Waals surface area contributed by atoms with E-state index in [0.29, 0.717) is 62.3 Å². The van der Waals surface area contributed by atoms with Crippen molar-refractivity contribution in [3.8, 4) is 33.6 Å². The first-order valence-electron chi connectivity index (χ1n) is 20.2. The van der Waals surface area contributed by atoms with Crippen LogP contribution in [0.5, 0.6) is 0 Å². The molecule has 8 rings (SSSR count). The molecule has 6 N–H and O–H groups in total. The van der Waals surface area contributed by atoms with E-state index in [0.717, 1.165) is 22.3 Å². The topological polar surface area (TPSA) is 234 Å². The van der Waals surface area contributed by atoms with Crippen molar-refractivity contribution in [2.24, 2.45) is 11.8 Å². The minimum absolute atomic E-state index is 0.157. The van der Waals surface area contributed by atoms with Crippen LogP contribution >= 0.6 is 0 Å². The molecular formula is C42H50N8O10. The second-order valence-corrected chi connectivity index (χ2v) is 16.4. The van der Waals surface area contributed by atoms with Crippen molar-refractivity contribution in [3.05, 3.63) is 72.6 Å². The lowest BCUT2D eigenvalue weighted by Gasteiger charge is -2.29. The van der Waals surface area contributed by atoms with Crippen molar-refractivity contribution in [2.75, 3.05) is 39.5 Å². The molecule has 18 heteroatoms. The summed E-state index contributed by atoms with van der Waals surface area (Å²) in [6.07, 6.45) is 1.75. The molecule has 0 unspecified atom stereocenters. The van der Waals surface area contributed by atoms with Crippen molar-refractivity contribution in [1.82, 2.24) is 40.4 Å². The van der Waals surface area contributed by atoms with E-state index in [1.54, 1.807) is 49.9 Å². The zero-order valence-electron chi connectivity index (χ0n) is 33.8. The first-order chi connectivity index (χ1) is 28.7. The predicted molar refractivity (Wildman–Crippen MR) is 214 cm³/mol. The summed E-state index contributed by atoms with van der Waals surface area (Å²) < 4.78 is 23.9. The quantitative estimate of drug-likeness (QED) is 0.120. The largest absolute Gasteiger partial charge is 0.465 e. The maximum Gasteiger partial charge on any atom is 0.405 e. The van der Waals surface area contributed by atoms with Crippen LogP contribution < -0.4 is 10.6 Å². The number of amides is 4. The number of likely N-dealkylation sites (tertiary alicyclic amines) is 2. The summed E-state index contributed by atoms with van der Waals surface area (Å²) in [5.41, 5.74) is 5.06. The van der Waals surface area contributed by atoms with Crippen molar-refractivity contribution in [3.63, 3.8) is 0 Å². The number of nitrogens with zero attached hydrogens (tertiary/aromatic N) is 4. The number of nitrogens with one attached hydrogen (secondary N) is 4. The van der Waals surface area contributed by atoms with Gasteiger partial charge in [-0.05, 0) is 23.0 Å². The Labute approximate surface area is 346 Å². The fourth-order valence-electron chi connectivity index (χ4n) is 8.67. The Morgan fingerprint density at radius 2 is 0.950 bits per heavy atom. The molecule has 18 nitrogen and oxygen atoms in total. The molecule has 4 aliphatic rings. The summed E-state index contributed by atoms with van der Waals surface area (Å²) in [5, 5.41) is 23.6. The van der Waals surface area contributed by atoms with Gasteiger partial charge >= 0.3 is 12.2 Å². The Morgan fingerprint density at radius 1 is 0.617 bits per heavy atom. The van der Waals surface area contributed by atoms with E-state index in [2.05, 4.69) is 20.6 Å². The van der Waals surface area contributed by atoms with Crippen molar-refractivity contribution in [1.29, 1.82) is 0 Å². The molecule has 4 aliphatic heterocycles. The third-order valence-corrected chi connectivity index (χ3v) is 11.7. The van der Waals surface area contributed by atoms with E-state index >= 15 is 0 Å². The van der Waals surface area contributed by atoms with Crippen LogP contribution in [0.4, 0.5) is 9.59 Å². The van der Waals surface area contributed by atoms with Crippen LogP contribution in [0, 0.1) is 11.8 Å². The Kier molecular flexibility index (Phi) is 11.1. The molecular weight excluding hydrogens is 777 g/mol. The van der Waals surface area contributed by atoms with Gasteiger partial charge in [0.15, 0.2) is 11.6 Å². The maximum atomic E-state index is 13.8. The number of aromatic amines is 2. The number of hydrogen-bond acceptors (Lipinski definition) is 10. The zero-order chi connectivity index (χ0) is 42.3. The van der Waals surface area contributed by atoms with Gasteiger partial charge < -0.3 is 59.6 Å². The summed E-state index contributed by atoms with van der Waals surface area (Å²) in [6.45, 7) is 9.11. The number of rotatable bonds is 11. The molecule has 2 aromatic heterocycles. The van der Waals surface area contributed by atoms with E-state index in [1.165, 1.54) is 0 Å². The van der Waals surface area contributed by atoms with Gasteiger partial charge in [0, 0.05) is 36.4 Å². The average Bonchev–Trinajstić information content (AvgIpc) is 4.09. The lowest BCUT2D eigenvalue weighted by molar-refractivity contribution is -0.153. The molecule has 0 saturated carbocycles. The van der Waals surface area contributed by atoms with E-state index in [9.17, 15) is 29.4 Å². The van der Waals surface area contributed by atoms with Gasteiger partial charge in [-0.3, -0.25) is 9.59 Å². The molecule has 6 heterocycles. The van der Waals surface area contributed by atoms with Gasteiger partial charge in [-0.2, -0.15) is 0 Å². The highest BCUT2D eigenvalue weighted by atomic mass is 16.7. The third kappa shape index (κ3) is 8.07. The fourth-order valence-corrected chi connectivity index (χ4v) is 8.67. The number of carbonyl (C=O) groups is 4. The highest BCUT2D eigenvalue weighted by molar-refractivity contribution is 5.87. The summed E-state index contributed by atoms with van der Waals surface area (Å²) in [4.78, 5) is 70.2. The Balaban J connectivity index is 0.967. The van der Waals surface area contributed by atoms with Gasteiger partial charge in [0.25, 0.3) is 0 Å². The van der Waals surface area contributed by atoms with Gasteiger partial charge in [0.1, 0.15) is 23.7 Å². The first-order valence-corrected chi connectivity index (χ1v) is 20.2. The number of carbonyl (C=O) groups excluding carboxylic acids is 2.